The van der Waals surface area contributed by atoms with Gasteiger partial charge in [0.05, 0.1) is 24.1 Å². The van der Waals surface area contributed by atoms with Crippen LogP contribution in [0.1, 0.15) is 12.8 Å². The van der Waals surface area contributed by atoms with E-state index in [1.165, 1.54) is 17.5 Å². The Kier molecular flexibility index (Phi) is 8.19. The summed E-state index contributed by atoms with van der Waals surface area (Å²) < 4.78 is 36.6. The number of rotatable bonds is 10. The molecule has 0 saturated heterocycles. The van der Waals surface area contributed by atoms with Crippen molar-refractivity contribution < 1.29 is 22.7 Å². The summed E-state index contributed by atoms with van der Waals surface area (Å²) in [5.41, 5.74) is 1.04. The number of benzene rings is 3. The first-order valence-corrected chi connectivity index (χ1v) is 12.4. The van der Waals surface area contributed by atoms with Gasteiger partial charge in [0.1, 0.15) is 17.2 Å². The van der Waals surface area contributed by atoms with E-state index in [1.807, 2.05) is 30.3 Å². The zero-order valence-electron chi connectivity index (χ0n) is 18.3. The number of sulfonamides is 1. The Morgan fingerprint density at radius 3 is 2.27 bits per heavy atom. The number of ether oxygens (including phenoxy) is 2. The predicted octanol–water partition coefficient (Wildman–Crippen LogP) is 5.33. The highest BCUT2D eigenvalue weighted by atomic mass is 35.5. The first-order chi connectivity index (χ1) is 15.8. The SMILES string of the molecule is COc1ccc(N(CCCC(=O)Nc2ccc(Oc3ccccc3)cc2)S(C)(=O)=O)cc1Cl. The van der Waals surface area contributed by atoms with Crippen LogP contribution >= 0.6 is 11.6 Å². The largest absolute Gasteiger partial charge is 0.495 e. The number of hydrogen-bond donors (Lipinski definition) is 1. The second kappa shape index (κ2) is 11.1. The summed E-state index contributed by atoms with van der Waals surface area (Å²) in [7, 11) is -2.07. The lowest BCUT2D eigenvalue weighted by Crippen LogP contribution is -2.31. The Morgan fingerprint density at radius 1 is 1.00 bits per heavy atom. The minimum Gasteiger partial charge on any atom is -0.495 e. The second-order valence-corrected chi connectivity index (χ2v) is 9.56. The summed E-state index contributed by atoms with van der Waals surface area (Å²) in [6.07, 6.45) is 1.60. The monoisotopic (exact) mass is 488 g/mol. The van der Waals surface area contributed by atoms with Crippen LogP contribution in [0.15, 0.2) is 72.8 Å². The lowest BCUT2D eigenvalue weighted by atomic mass is 10.2. The summed E-state index contributed by atoms with van der Waals surface area (Å²) in [6.45, 7) is 0.138. The van der Waals surface area contributed by atoms with Crippen LogP contribution in [-0.4, -0.2) is 34.2 Å². The maximum absolute atomic E-state index is 12.3. The Morgan fingerprint density at radius 2 is 1.67 bits per heavy atom. The van der Waals surface area contributed by atoms with E-state index in [0.717, 1.165) is 12.0 Å². The van der Waals surface area contributed by atoms with Crippen molar-refractivity contribution in [2.75, 3.05) is 29.5 Å². The van der Waals surface area contributed by atoms with E-state index in [-0.39, 0.29) is 18.9 Å². The first-order valence-electron chi connectivity index (χ1n) is 10.2. The number of amides is 1. The number of halogens is 1. The summed E-state index contributed by atoms with van der Waals surface area (Å²) in [5.74, 6) is 1.62. The average Bonchev–Trinajstić information content (AvgIpc) is 2.78. The molecule has 7 nitrogen and oxygen atoms in total. The molecule has 1 N–H and O–H groups in total. The van der Waals surface area contributed by atoms with E-state index < -0.39 is 10.0 Å². The Hall–Kier alpha value is -3.23. The van der Waals surface area contributed by atoms with Crippen molar-refractivity contribution in [1.29, 1.82) is 0 Å². The highest BCUT2D eigenvalue weighted by Crippen LogP contribution is 2.30. The standard InChI is InChI=1S/C24H25ClN2O5S/c1-31-23-15-12-19(17-22(23)25)27(33(2,29)30)16-6-9-24(28)26-18-10-13-21(14-11-18)32-20-7-4-3-5-8-20/h3-5,7-8,10-15,17H,6,9,16H2,1-2H3,(H,26,28). The third-order valence-electron chi connectivity index (χ3n) is 4.71. The minimum atomic E-state index is -3.55. The molecule has 0 aromatic heterocycles. The lowest BCUT2D eigenvalue weighted by Gasteiger charge is -2.23. The van der Waals surface area contributed by atoms with E-state index in [1.54, 1.807) is 36.4 Å². The first kappa shape index (κ1) is 24.4. The topological polar surface area (TPSA) is 84.9 Å². The molecule has 3 aromatic rings. The zero-order valence-corrected chi connectivity index (χ0v) is 19.9. The summed E-state index contributed by atoms with van der Waals surface area (Å²) in [4.78, 5) is 12.3. The summed E-state index contributed by atoms with van der Waals surface area (Å²) in [6, 6.07) is 21.2. The maximum atomic E-state index is 12.3. The van der Waals surface area contributed by atoms with Crippen LogP contribution in [0, 0.1) is 0 Å². The normalized spacial score (nSPS) is 11.0. The van der Waals surface area contributed by atoms with Crippen molar-refractivity contribution in [3.63, 3.8) is 0 Å². The Bertz CT molecular complexity index is 1190. The van der Waals surface area contributed by atoms with Crippen molar-refractivity contribution >= 4 is 38.9 Å². The van der Waals surface area contributed by atoms with Crippen molar-refractivity contribution in [1.82, 2.24) is 0 Å². The minimum absolute atomic E-state index is 0.138. The number of nitrogens with one attached hydrogen (secondary N) is 1. The third kappa shape index (κ3) is 7.13. The van der Waals surface area contributed by atoms with Gasteiger partial charge >= 0.3 is 0 Å². The molecule has 0 saturated carbocycles. The Labute approximate surface area is 198 Å². The molecular formula is C24H25ClN2O5S. The average molecular weight is 489 g/mol. The molecule has 174 valence electrons. The van der Waals surface area contributed by atoms with Crippen LogP contribution in [0.3, 0.4) is 0 Å². The van der Waals surface area contributed by atoms with Crippen LogP contribution in [0.5, 0.6) is 17.2 Å². The quantitative estimate of drug-likeness (QED) is 0.417. The third-order valence-corrected chi connectivity index (χ3v) is 6.20. The molecule has 0 bridgehead atoms. The molecule has 0 heterocycles. The van der Waals surface area contributed by atoms with E-state index in [2.05, 4.69) is 5.32 Å². The molecular weight excluding hydrogens is 464 g/mol. The van der Waals surface area contributed by atoms with Gasteiger partial charge in [-0.05, 0) is 61.0 Å². The fourth-order valence-corrected chi connectivity index (χ4v) is 4.34. The fourth-order valence-electron chi connectivity index (χ4n) is 3.13. The highest BCUT2D eigenvalue weighted by molar-refractivity contribution is 7.92. The van der Waals surface area contributed by atoms with Crippen LogP contribution < -0.4 is 19.1 Å². The molecule has 0 aliphatic heterocycles. The number of carbonyl (C=O) groups is 1. The Balaban J connectivity index is 1.54. The van der Waals surface area contributed by atoms with Crippen molar-refractivity contribution in [2.24, 2.45) is 0 Å². The van der Waals surface area contributed by atoms with Gasteiger partial charge in [0.25, 0.3) is 0 Å². The van der Waals surface area contributed by atoms with Gasteiger partial charge < -0.3 is 14.8 Å². The van der Waals surface area contributed by atoms with Gasteiger partial charge in [-0.15, -0.1) is 0 Å². The van der Waals surface area contributed by atoms with Gasteiger partial charge in [-0.25, -0.2) is 8.42 Å². The maximum Gasteiger partial charge on any atom is 0.232 e. The van der Waals surface area contributed by atoms with E-state index >= 15 is 0 Å². The number of nitrogens with zero attached hydrogens (tertiary/aromatic N) is 1. The fraction of sp³-hybridized carbons (Fsp3) is 0.208. The van der Waals surface area contributed by atoms with Crippen molar-refractivity contribution in [2.45, 2.75) is 12.8 Å². The number of methoxy groups -OCH3 is 1. The van der Waals surface area contributed by atoms with Crippen molar-refractivity contribution in [3.8, 4) is 17.2 Å². The molecule has 0 aliphatic carbocycles. The number of para-hydroxylation sites is 1. The molecule has 33 heavy (non-hydrogen) atoms. The molecule has 0 unspecified atom stereocenters. The van der Waals surface area contributed by atoms with E-state index in [0.29, 0.717) is 34.3 Å². The summed E-state index contributed by atoms with van der Waals surface area (Å²) in [5, 5.41) is 3.12. The second-order valence-electron chi connectivity index (χ2n) is 7.25. The molecule has 3 aromatic carbocycles. The lowest BCUT2D eigenvalue weighted by molar-refractivity contribution is -0.116. The predicted molar refractivity (Wildman–Crippen MR) is 131 cm³/mol. The number of carbonyl (C=O) groups excluding carboxylic acids is 1. The van der Waals surface area contributed by atoms with E-state index in [4.69, 9.17) is 21.1 Å². The highest BCUT2D eigenvalue weighted by Gasteiger charge is 2.19. The molecule has 3 rings (SSSR count). The molecule has 9 heteroatoms. The smallest absolute Gasteiger partial charge is 0.232 e. The van der Waals surface area contributed by atoms with Crippen LogP contribution in [0.25, 0.3) is 0 Å². The van der Waals surface area contributed by atoms with Crippen LogP contribution in [0.2, 0.25) is 5.02 Å². The van der Waals surface area contributed by atoms with Gasteiger partial charge in [0.15, 0.2) is 0 Å². The molecule has 0 radical (unpaired) electrons. The van der Waals surface area contributed by atoms with Crippen LogP contribution in [-0.2, 0) is 14.8 Å². The van der Waals surface area contributed by atoms with Crippen LogP contribution in [0.4, 0.5) is 11.4 Å². The summed E-state index contributed by atoms with van der Waals surface area (Å²) >= 11 is 6.14. The molecule has 0 fully saturated rings. The van der Waals surface area contributed by atoms with Gasteiger partial charge in [-0.2, -0.15) is 0 Å². The van der Waals surface area contributed by atoms with E-state index in [9.17, 15) is 13.2 Å². The number of hydrogen-bond acceptors (Lipinski definition) is 5. The van der Waals surface area contributed by atoms with Gasteiger partial charge in [-0.1, -0.05) is 29.8 Å². The molecule has 1 amide bonds. The molecule has 0 atom stereocenters. The number of anilines is 2. The zero-order chi connectivity index (χ0) is 23.8. The molecule has 0 aliphatic rings. The molecule has 0 spiro atoms. The van der Waals surface area contributed by atoms with Crippen molar-refractivity contribution in [3.05, 3.63) is 77.8 Å². The van der Waals surface area contributed by atoms with Gasteiger partial charge in [-0.3, -0.25) is 9.10 Å². The van der Waals surface area contributed by atoms with Gasteiger partial charge in [0, 0.05) is 18.7 Å². The van der Waals surface area contributed by atoms with Gasteiger partial charge in [0.2, 0.25) is 15.9 Å².